The maximum atomic E-state index is 13.0. The van der Waals surface area contributed by atoms with Gasteiger partial charge in [0.2, 0.25) is 0 Å². The Morgan fingerprint density at radius 1 is 1.20 bits per heavy atom. The maximum absolute atomic E-state index is 13.0. The third-order valence-corrected chi connectivity index (χ3v) is 3.88. The van der Waals surface area contributed by atoms with Crippen LogP contribution in [0.5, 0.6) is 0 Å². The summed E-state index contributed by atoms with van der Waals surface area (Å²) in [5.74, 6) is -0.399. The van der Waals surface area contributed by atoms with E-state index in [0.717, 1.165) is 24.8 Å². The lowest BCUT2D eigenvalue weighted by Crippen LogP contribution is -2.50. The molecule has 1 heterocycles. The minimum atomic E-state index is -0.360. The first-order valence-corrected chi connectivity index (χ1v) is 6.68. The molecule has 3 nitrogen and oxygen atoms in total. The Hall–Kier alpha value is -2.23. The van der Waals surface area contributed by atoms with Crippen molar-refractivity contribution in [3.8, 4) is 0 Å². The fourth-order valence-corrected chi connectivity index (χ4v) is 2.57. The van der Waals surface area contributed by atoms with Gasteiger partial charge in [0.05, 0.1) is 11.1 Å². The van der Waals surface area contributed by atoms with Crippen LogP contribution in [0.2, 0.25) is 0 Å². The molecule has 1 aliphatic rings. The zero-order valence-corrected chi connectivity index (χ0v) is 11.0. The quantitative estimate of drug-likeness (QED) is 0.931. The lowest BCUT2D eigenvalue weighted by molar-refractivity contribution is 0.0823. The van der Waals surface area contributed by atoms with Crippen LogP contribution in [0.25, 0.3) is 0 Å². The Balaban J connectivity index is 1.83. The van der Waals surface area contributed by atoms with Crippen LogP contribution in [0.1, 0.15) is 35.2 Å². The Morgan fingerprint density at radius 2 is 1.95 bits per heavy atom. The minimum absolute atomic E-state index is 0.137. The molecule has 0 aliphatic heterocycles. The molecule has 1 N–H and O–H groups in total. The van der Waals surface area contributed by atoms with Crippen molar-refractivity contribution in [3.05, 3.63) is 65.7 Å². The molecule has 102 valence electrons. The maximum Gasteiger partial charge on any atom is 0.253 e. The van der Waals surface area contributed by atoms with Crippen LogP contribution in [-0.4, -0.2) is 10.9 Å². The van der Waals surface area contributed by atoms with Crippen LogP contribution < -0.4 is 5.32 Å². The second-order valence-corrected chi connectivity index (χ2v) is 5.14. The summed E-state index contributed by atoms with van der Waals surface area (Å²) in [6.45, 7) is 0. The van der Waals surface area contributed by atoms with Crippen molar-refractivity contribution in [1.29, 1.82) is 0 Å². The lowest BCUT2D eigenvalue weighted by atomic mass is 9.71. The van der Waals surface area contributed by atoms with Crippen molar-refractivity contribution in [1.82, 2.24) is 10.3 Å². The Kier molecular flexibility index (Phi) is 3.22. The van der Waals surface area contributed by atoms with E-state index in [-0.39, 0.29) is 17.3 Å². The number of carbonyl (C=O) groups excluding carboxylic acids is 1. The van der Waals surface area contributed by atoms with Gasteiger partial charge < -0.3 is 5.32 Å². The molecule has 0 unspecified atom stereocenters. The molecular weight excluding hydrogens is 255 g/mol. The summed E-state index contributed by atoms with van der Waals surface area (Å²) in [5, 5.41) is 3.08. The van der Waals surface area contributed by atoms with Gasteiger partial charge in [-0.15, -0.1) is 0 Å². The van der Waals surface area contributed by atoms with Gasteiger partial charge in [-0.25, -0.2) is 4.39 Å². The summed E-state index contributed by atoms with van der Waals surface area (Å²) in [5.41, 5.74) is 1.14. The molecule has 1 aromatic heterocycles. The third kappa shape index (κ3) is 2.29. The van der Waals surface area contributed by atoms with E-state index in [2.05, 4.69) is 10.3 Å². The lowest BCUT2D eigenvalue weighted by Gasteiger charge is -2.43. The molecule has 0 bridgehead atoms. The number of aromatic nitrogens is 1. The second kappa shape index (κ2) is 5.04. The number of nitrogens with one attached hydrogen (secondary N) is 1. The molecule has 0 atom stereocenters. The van der Waals surface area contributed by atoms with Gasteiger partial charge in [-0.05, 0) is 49.1 Å². The van der Waals surface area contributed by atoms with Crippen molar-refractivity contribution >= 4 is 5.91 Å². The van der Waals surface area contributed by atoms with Crippen LogP contribution in [0.3, 0.4) is 0 Å². The van der Waals surface area contributed by atoms with E-state index in [1.165, 1.54) is 12.1 Å². The first-order chi connectivity index (χ1) is 9.70. The molecule has 2 aromatic rings. The molecule has 1 amide bonds. The highest BCUT2D eigenvalue weighted by Gasteiger charge is 2.40. The van der Waals surface area contributed by atoms with E-state index in [1.807, 2.05) is 0 Å². The fourth-order valence-electron chi connectivity index (χ4n) is 2.57. The Morgan fingerprint density at radius 3 is 2.50 bits per heavy atom. The average Bonchev–Trinajstić information content (AvgIpc) is 2.45. The van der Waals surface area contributed by atoms with Crippen molar-refractivity contribution in [2.24, 2.45) is 0 Å². The second-order valence-electron chi connectivity index (χ2n) is 5.14. The topological polar surface area (TPSA) is 42.0 Å². The summed E-state index contributed by atoms with van der Waals surface area (Å²) in [6, 6.07) is 9.84. The summed E-state index contributed by atoms with van der Waals surface area (Å²) < 4.78 is 13.0. The molecule has 1 aromatic carbocycles. The van der Waals surface area contributed by atoms with Gasteiger partial charge in [-0.2, -0.15) is 0 Å². The van der Waals surface area contributed by atoms with E-state index in [0.29, 0.717) is 5.56 Å². The summed E-state index contributed by atoms with van der Waals surface area (Å²) in [4.78, 5) is 16.2. The van der Waals surface area contributed by atoms with Crippen LogP contribution in [0.15, 0.2) is 48.8 Å². The zero-order chi connectivity index (χ0) is 14.0. The van der Waals surface area contributed by atoms with Gasteiger partial charge >= 0.3 is 0 Å². The summed E-state index contributed by atoms with van der Waals surface area (Å²) in [7, 11) is 0. The van der Waals surface area contributed by atoms with Gasteiger partial charge in [0.15, 0.2) is 0 Å². The molecule has 4 heteroatoms. The molecule has 20 heavy (non-hydrogen) atoms. The summed E-state index contributed by atoms with van der Waals surface area (Å²) in [6.07, 6.45) is 6.00. The largest absolute Gasteiger partial charge is 0.342 e. The summed E-state index contributed by atoms with van der Waals surface area (Å²) >= 11 is 0. The number of carbonyl (C=O) groups is 1. The first-order valence-electron chi connectivity index (χ1n) is 6.68. The van der Waals surface area contributed by atoms with Crippen LogP contribution in [0, 0.1) is 5.82 Å². The van der Waals surface area contributed by atoms with Gasteiger partial charge in [-0.1, -0.05) is 12.1 Å². The van der Waals surface area contributed by atoms with Gasteiger partial charge in [0, 0.05) is 12.4 Å². The number of hydrogen-bond acceptors (Lipinski definition) is 2. The van der Waals surface area contributed by atoms with Crippen molar-refractivity contribution in [3.63, 3.8) is 0 Å². The Labute approximate surface area is 116 Å². The smallest absolute Gasteiger partial charge is 0.253 e. The minimum Gasteiger partial charge on any atom is -0.342 e. The number of amides is 1. The Bertz CT molecular complexity index is 606. The predicted octanol–water partition coefficient (Wildman–Crippen LogP) is 3.03. The van der Waals surface area contributed by atoms with Crippen molar-refractivity contribution in [2.45, 2.75) is 24.8 Å². The van der Waals surface area contributed by atoms with Crippen LogP contribution in [-0.2, 0) is 5.54 Å². The highest BCUT2D eigenvalue weighted by Crippen LogP contribution is 2.41. The first kappa shape index (κ1) is 12.8. The number of halogens is 1. The molecule has 0 saturated heterocycles. The molecular formula is C16H15FN2O. The fraction of sp³-hybridized carbons (Fsp3) is 0.250. The number of rotatable bonds is 3. The van der Waals surface area contributed by atoms with E-state index < -0.39 is 0 Å². The third-order valence-electron chi connectivity index (χ3n) is 3.88. The van der Waals surface area contributed by atoms with Crippen LogP contribution >= 0.6 is 0 Å². The normalized spacial score (nSPS) is 16.2. The van der Waals surface area contributed by atoms with E-state index in [9.17, 15) is 9.18 Å². The molecule has 3 rings (SSSR count). The number of benzene rings is 1. The molecule has 1 fully saturated rings. The number of hydrogen-bond donors (Lipinski definition) is 1. The highest BCUT2D eigenvalue weighted by atomic mass is 19.1. The molecule has 0 radical (unpaired) electrons. The predicted molar refractivity (Wildman–Crippen MR) is 73.6 cm³/mol. The van der Waals surface area contributed by atoms with E-state index in [4.69, 9.17) is 0 Å². The van der Waals surface area contributed by atoms with E-state index >= 15 is 0 Å². The van der Waals surface area contributed by atoms with Gasteiger partial charge in [0.25, 0.3) is 5.91 Å². The van der Waals surface area contributed by atoms with Crippen molar-refractivity contribution < 1.29 is 9.18 Å². The highest BCUT2D eigenvalue weighted by molar-refractivity contribution is 5.94. The average molecular weight is 270 g/mol. The number of nitrogens with zero attached hydrogens (tertiary/aromatic N) is 1. The monoisotopic (exact) mass is 270 g/mol. The molecule has 1 saturated carbocycles. The standard InChI is InChI=1S/C16H15FN2O/c17-14-6-4-13(5-7-14)16(8-2-9-16)19-15(20)12-3-1-10-18-11-12/h1,3-7,10-11H,2,8-9H2,(H,19,20). The van der Waals surface area contributed by atoms with Crippen molar-refractivity contribution in [2.75, 3.05) is 0 Å². The number of pyridine rings is 1. The SMILES string of the molecule is O=C(NC1(c2ccc(F)cc2)CCC1)c1cccnc1. The van der Waals surface area contributed by atoms with Gasteiger partial charge in [-0.3, -0.25) is 9.78 Å². The van der Waals surface area contributed by atoms with E-state index in [1.54, 1.807) is 36.7 Å². The van der Waals surface area contributed by atoms with Crippen LogP contribution in [0.4, 0.5) is 4.39 Å². The van der Waals surface area contributed by atoms with Gasteiger partial charge in [0.1, 0.15) is 5.82 Å². The molecule has 1 aliphatic carbocycles. The zero-order valence-electron chi connectivity index (χ0n) is 11.0. The molecule has 0 spiro atoms.